The van der Waals surface area contributed by atoms with Gasteiger partial charge >= 0.3 is 0 Å². The van der Waals surface area contributed by atoms with Crippen molar-refractivity contribution in [2.24, 2.45) is 0 Å². The van der Waals surface area contributed by atoms with Crippen molar-refractivity contribution in [3.63, 3.8) is 0 Å². The Morgan fingerprint density at radius 3 is 2.69 bits per heavy atom. The van der Waals surface area contributed by atoms with Crippen LogP contribution in [0, 0.1) is 6.92 Å². The molecule has 1 unspecified atom stereocenters. The number of benzene rings is 1. The lowest BCUT2D eigenvalue weighted by Gasteiger charge is -2.07. The Balaban J connectivity index is 2.70. The van der Waals surface area contributed by atoms with E-state index in [1.54, 1.807) is 13.0 Å². The van der Waals surface area contributed by atoms with Crippen molar-refractivity contribution in [1.82, 2.24) is 0 Å². The molecule has 2 N–H and O–H groups in total. The van der Waals surface area contributed by atoms with Gasteiger partial charge in [0, 0.05) is 0 Å². The van der Waals surface area contributed by atoms with E-state index in [9.17, 15) is 5.11 Å². The van der Waals surface area contributed by atoms with Crippen molar-refractivity contribution >= 4 is 0 Å². The number of phenolic OH excluding ortho intramolecular Hbond substituents is 1. The zero-order chi connectivity index (χ0) is 9.84. The molecular weight excluding hydrogens is 164 g/mol. The van der Waals surface area contributed by atoms with Gasteiger partial charge in [0.2, 0.25) is 0 Å². The predicted molar refractivity (Wildman–Crippen MR) is 52.8 cm³/mol. The Kier molecular flexibility index (Phi) is 3.32. The van der Waals surface area contributed by atoms with Gasteiger partial charge in [-0.15, -0.1) is 0 Å². The summed E-state index contributed by atoms with van der Waals surface area (Å²) < 4.78 is 0. The number of hydrogen-bond acceptors (Lipinski definition) is 2. The highest BCUT2D eigenvalue weighted by molar-refractivity contribution is 5.35. The van der Waals surface area contributed by atoms with Crippen LogP contribution in [0.1, 0.15) is 24.5 Å². The third-order valence-electron chi connectivity index (χ3n) is 2.07. The molecule has 13 heavy (non-hydrogen) atoms. The maximum absolute atomic E-state index is 9.47. The van der Waals surface area contributed by atoms with E-state index in [4.69, 9.17) is 5.11 Å². The highest BCUT2D eigenvalue weighted by Crippen LogP contribution is 2.20. The summed E-state index contributed by atoms with van der Waals surface area (Å²) in [5, 5.41) is 18.6. The second-order valence-corrected chi connectivity index (χ2v) is 3.52. The molecule has 2 heteroatoms. The van der Waals surface area contributed by atoms with E-state index >= 15 is 0 Å². The van der Waals surface area contributed by atoms with Gasteiger partial charge in [0.1, 0.15) is 5.75 Å². The molecule has 0 aromatic heterocycles. The first-order valence-corrected chi connectivity index (χ1v) is 4.56. The van der Waals surface area contributed by atoms with Crippen molar-refractivity contribution in [1.29, 1.82) is 0 Å². The first kappa shape index (κ1) is 10.1. The van der Waals surface area contributed by atoms with Crippen LogP contribution in [0.3, 0.4) is 0 Å². The van der Waals surface area contributed by atoms with Crippen LogP contribution in [0.4, 0.5) is 0 Å². The van der Waals surface area contributed by atoms with Crippen LogP contribution < -0.4 is 0 Å². The van der Waals surface area contributed by atoms with Gasteiger partial charge in [0.15, 0.2) is 0 Å². The lowest BCUT2D eigenvalue weighted by molar-refractivity contribution is 0.184. The molecule has 1 atom stereocenters. The van der Waals surface area contributed by atoms with Gasteiger partial charge in [0.25, 0.3) is 0 Å². The minimum absolute atomic E-state index is 0.306. The van der Waals surface area contributed by atoms with Crippen LogP contribution in [0.25, 0.3) is 0 Å². The Morgan fingerprint density at radius 2 is 2.08 bits per heavy atom. The summed E-state index contributed by atoms with van der Waals surface area (Å²) in [6.07, 6.45) is 1.11. The average Bonchev–Trinajstić information content (AvgIpc) is 2.06. The van der Waals surface area contributed by atoms with Crippen molar-refractivity contribution in [3.8, 4) is 5.75 Å². The maximum atomic E-state index is 9.47. The second kappa shape index (κ2) is 4.28. The average molecular weight is 180 g/mol. The Labute approximate surface area is 78.8 Å². The largest absolute Gasteiger partial charge is 0.508 e. The number of aromatic hydroxyl groups is 1. The summed E-state index contributed by atoms with van der Waals surface area (Å²) in [5.74, 6) is 0.325. The van der Waals surface area contributed by atoms with Gasteiger partial charge < -0.3 is 10.2 Å². The van der Waals surface area contributed by atoms with Crippen LogP contribution in [0.5, 0.6) is 5.75 Å². The van der Waals surface area contributed by atoms with Gasteiger partial charge in [-0.25, -0.2) is 0 Å². The molecule has 0 aliphatic carbocycles. The van der Waals surface area contributed by atoms with E-state index in [0.717, 1.165) is 17.5 Å². The molecule has 1 aromatic carbocycles. The number of aryl methyl sites for hydroxylation is 2. The molecule has 1 aromatic rings. The highest BCUT2D eigenvalue weighted by atomic mass is 16.3. The summed E-state index contributed by atoms with van der Waals surface area (Å²) in [5.41, 5.74) is 2.05. The lowest BCUT2D eigenvalue weighted by atomic mass is 10.0. The fourth-order valence-electron chi connectivity index (χ4n) is 1.28. The quantitative estimate of drug-likeness (QED) is 0.747. The fraction of sp³-hybridized carbons (Fsp3) is 0.455. The van der Waals surface area contributed by atoms with Gasteiger partial charge in [-0.2, -0.15) is 0 Å². The van der Waals surface area contributed by atoms with Crippen molar-refractivity contribution in [2.45, 2.75) is 32.8 Å². The number of aliphatic hydroxyl groups is 1. The van der Waals surface area contributed by atoms with Crippen LogP contribution in [0.15, 0.2) is 18.2 Å². The third-order valence-corrected chi connectivity index (χ3v) is 2.07. The number of aliphatic hydroxyl groups excluding tert-OH is 1. The minimum atomic E-state index is -0.306. The lowest BCUT2D eigenvalue weighted by Crippen LogP contribution is -2.01. The Hall–Kier alpha value is -1.02. The normalized spacial score (nSPS) is 12.8. The molecule has 0 fully saturated rings. The number of hydrogen-bond donors (Lipinski definition) is 2. The molecule has 0 saturated heterocycles. The third kappa shape index (κ3) is 3.07. The molecule has 0 saturated carbocycles. The molecule has 1 rings (SSSR count). The van der Waals surface area contributed by atoms with E-state index in [1.165, 1.54) is 0 Å². The monoisotopic (exact) mass is 180 g/mol. The predicted octanol–water partition coefficient (Wildman–Crippen LogP) is 2.01. The number of phenols is 1. The molecular formula is C11H16O2. The molecule has 0 radical (unpaired) electrons. The molecule has 0 bridgehead atoms. The summed E-state index contributed by atoms with van der Waals surface area (Å²) in [7, 11) is 0. The standard InChI is InChI=1S/C11H16O2/c1-8-3-6-11(13)10(7-8)5-4-9(2)12/h3,6-7,9,12-13H,4-5H2,1-2H3. The van der Waals surface area contributed by atoms with Crippen LogP contribution in [-0.2, 0) is 6.42 Å². The molecule has 72 valence electrons. The van der Waals surface area contributed by atoms with E-state index in [0.29, 0.717) is 12.2 Å². The SMILES string of the molecule is Cc1ccc(O)c(CCC(C)O)c1. The molecule has 0 aliphatic heterocycles. The smallest absolute Gasteiger partial charge is 0.118 e. The summed E-state index contributed by atoms with van der Waals surface area (Å²) in [6.45, 7) is 3.75. The van der Waals surface area contributed by atoms with E-state index in [2.05, 4.69) is 0 Å². The fourth-order valence-corrected chi connectivity index (χ4v) is 1.28. The molecule has 0 aliphatic rings. The molecule has 0 heterocycles. The highest BCUT2D eigenvalue weighted by Gasteiger charge is 2.03. The molecule has 0 amide bonds. The topological polar surface area (TPSA) is 40.5 Å². The van der Waals surface area contributed by atoms with Gasteiger partial charge in [-0.3, -0.25) is 0 Å². The molecule has 0 spiro atoms. The van der Waals surface area contributed by atoms with Crippen molar-refractivity contribution < 1.29 is 10.2 Å². The first-order chi connectivity index (χ1) is 6.09. The zero-order valence-corrected chi connectivity index (χ0v) is 8.12. The van der Waals surface area contributed by atoms with Gasteiger partial charge in [-0.05, 0) is 38.3 Å². The van der Waals surface area contributed by atoms with Crippen molar-refractivity contribution in [3.05, 3.63) is 29.3 Å². The minimum Gasteiger partial charge on any atom is -0.508 e. The summed E-state index contributed by atoms with van der Waals surface area (Å²) in [4.78, 5) is 0. The summed E-state index contributed by atoms with van der Waals surface area (Å²) >= 11 is 0. The Bertz CT molecular complexity index is 279. The maximum Gasteiger partial charge on any atom is 0.118 e. The van der Waals surface area contributed by atoms with E-state index in [-0.39, 0.29) is 6.10 Å². The zero-order valence-electron chi connectivity index (χ0n) is 8.12. The van der Waals surface area contributed by atoms with Crippen LogP contribution in [0.2, 0.25) is 0 Å². The Morgan fingerprint density at radius 1 is 1.38 bits per heavy atom. The van der Waals surface area contributed by atoms with Crippen LogP contribution in [-0.4, -0.2) is 16.3 Å². The number of rotatable bonds is 3. The van der Waals surface area contributed by atoms with Crippen LogP contribution >= 0.6 is 0 Å². The van der Waals surface area contributed by atoms with E-state index < -0.39 is 0 Å². The molecule has 2 nitrogen and oxygen atoms in total. The second-order valence-electron chi connectivity index (χ2n) is 3.52. The van der Waals surface area contributed by atoms with Gasteiger partial charge in [-0.1, -0.05) is 17.7 Å². The summed E-state index contributed by atoms with van der Waals surface area (Å²) in [6, 6.07) is 5.53. The first-order valence-electron chi connectivity index (χ1n) is 4.56. The van der Waals surface area contributed by atoms with E-state index in [1.807, 2.05) is 19.1 Å². The van der Waals surface area contributed by atoms with Gasteiger partial charge in [0.05, 0.1) is 6.10 Å². The van der Waals surface area contributed by atoms with Crippen molar-refractivity contribution in [2.75, 3.05) is 0 Å².